The maximum atomic E-state index is 11.9. The van der Waals surface area contributed by atoms with Crippen molar-refractivity contribution in [1.29, 1.82) is 5.26 Å². The SMILES string of the molecule is C=CC1(O)CCC(n2cc(C(N)=O)c(Nc3ccc(Cl)cc3)n2)C(C#N)C1. The molecule has 0 radical (unpaired) electrons. The Hall–Kier alpha value is -2.82. The fourth-order valence-corrected chi connectivity index (χ4v) is 3.48. The van der Waals surface area contributed by atoms with E-state index in [0.717, 1.165) is 0 Å². The number of carbonyl (C=O) groups excluding carboxylic acids is 1. The zero-order valence-corrected chi connectivity index (χ0v) is 15.4. The molecule has 1 fully saturated rings. The number of benzene rings is 1. The first-order chi connectivity index (χ1) is 12.8. The number of hydrogen-bond acceptors (Lipinski definition) is 5. The first-order valence-corrected chi connectivity index (χ1v) is 8.90. The Bertz CT molecular complexity index is 902. The number of amides is 1. The minimum atomic E-state index is -1.05. The van der Waals surface area contributed by atoms with E-state index in [1.54, 1.807) is 35.1 Å². The van der Waals surface area contributed by atoms with E-state index in [1.807, 2.05) is 0 Å². The van der Waals surface area contributed by atoms with Gasteiger partial charge in [-0.1, -0.05) is 17.7 Å². The monoisotopic (exact) mass is 385 g/mol. The van der Waals surface area contributed by atoms with E-state index in [2.05, 4.69) is 23.1 Å². The molecule has 0 saturated heterocycles. The second-order valence-corrected chi connectivity index (χ2v) is 7.16. The smallest absolute Gasteiger partial charge is 0.254 e. The van der Waals surface area contributed by atoms with Crippen molar-refractivity contribution in [3.63, 3.8) is 0 Å². The van der Waals surface area contributed by atoms with Crippen LogP contribution in [0.5, 0.6) is 0 Å². The van der Waals surface area contributed by atoms with E-state index in [-0.39, 0.29) is 18.0 Å². The first-order valence-electron chi connectivity index (χ1n) is 8.52. The molecule has 27 heavy (non-hydrogen) atoms. The lowest BCUT2D eigenvalue weighted by Crippen LogP contribution is -2.38. The predicted molar refractivity (Wildman–Crippen MR) is 103 cm³/mol. The zero-order valence-electron chi connectivity index (χ0n) is 14.6. The molecule has 1 aliphatic rings. The highest BCUT2D eigenvalue weighted by atomic mass is 35.5. The summed E-state index contributed by atoms with van der Waals surface area (Å²) in [4.78, 5) is 11.9. The Morgan fingerprint density at radius 3 is 2.81 bits per heavy atom. The Balaban J connectivity index is 1.90. The third kappa shape index (κ3) is 3.97. The van der Waals surface area contributed by atoms with Crippen LogP contribution >= 0.6 is 11.6 Å². The van der Waals surface area contributed by atoms with Crippen LogP contribution < -0.4 is 11.1 Å². The first kappa shape index (κ1) is 19.0. The summed E-state index contributed by atoms with van der Waals surface area (Å²) in [6, 6.07) is 8.92. The molecule has 1 amide bonds. The van der Waals surface area contributed by atoms with E-state index in [9.17, 15) is 15.2 Å². The molecule has 2 aromatic rings. The number of aliphatic hydroxyl groups is 1. The Kier molecular flexibility index (Phi) is 5.22. The third-order valence-corrected chi connectivity index (χ3v) is 5.15. The Labute approximate surface area is 162 Å². The molecule has 1 aliphatic carbocycles. The maximum absolute atomic E-state index is 11.9. The van der Waals surface area contributed by atoms with Gasteiger partial charge in [-0.25, -0.2) is 0 Å². The average Bonchev–Trinajstić information content (AvgIpc) is 3.07. The van der Waals surface area contributed by atoms with Gasteiger partial charge >= 0.3 is 0 Å². The molecule has 7 nitrogen and oxygen atoms in total. The van der Waals surface area contributed by atoms with Crippen molar-refractivity contribution >= 4 is 29.0 Å². The van der Waals surface area contributed by atoms with Gasteiger partial charge in [0.1, 0.15) is 5.56 Å². The minimum absolute atomic E-state index is 0.228. The van der Waals surface area contributed by atoms with Crippen molar-refractivity contribution < 1.29 is 9.90 Å². The van der Waals surface area contributed by atoms with Crippen LogP contribution in [0.25, 0.3) is 0 Å². The van der Waals surface area contributed by atoms with Gasteiger partial charge in [-0.05, 0) is 43.5 Å². The van der Waals surface area contributed by atoms with Crippen LogP contribution in [0.3, 0.4) is 0 Å². The van der Waals surface area contributed by atoms with Gasteiger partial charge in [-0.3, -0.25) is 9.48 Å². The number of nitrogens with one attached hydrogen (secondary N) is 1. The van der Waals surface area contributed by atoms with Crippen LogP contribution in [0.1, 0.15) is 35.7 Å². The van der Waals surface area contributed by atoms with Gasteiger partial charge in [0.15, 0.2) is 5.82 Å². The van der Waals surface area contributed by atoms with E-state index in [4.69, 9.17) is 17.3 Å². The van der Waals surface area contributed by atoms with Crippen molar-refractivity contribution in [2.75, 3.05) is 5.32 Å². The summed E-state index contributed by atoms with van der Waals surface area (Å²) in [5, 5.41) is 28.1. The molecule has 1 heterocycles. The molecule has 3 rings (SSSR count). The number of hydrogen-bond donors (Lipinski definition) is 3. The number of carbonyl (C=O) groups is 1. The summed E-state index contributed by atoms with van der Waals surface area (Å²) in [5.74, 6) is -0.776. The van der Waals surface area contributed by atoms with Crippen LogP contribution in [0, 0.1) is 17.2 Å². The Morgan fingerprint density at radius 1 is 1.52 bits per heavy atom. The molecule has 8 heteroatoms. The second kappa shape index (κ2) is 7.43. The summed E-state index contributed by atoms with van der Waals surface area (Å²) in [6.07, 6.45) is 4.29. The van der Waals surface area contributed by atoms with Crippen molar-refractivity contribution in [2.45, 2.75) is 30.9 Å². The standard InChI is InChI=1S/C19H20ClN5O2/c1-2-19(27)8-7-16(12(9-19)10-21)25-11-15(17(22)26)18(24-25)23-14-5-3-13(20)4-6-14/h2-6,11-12,16,27H,1,7-9H2,(H2,22,26)(H,23,24). The number of halogens is 1. The van der Waals surface area contributed by atoms with Crippen LogP contribution in [0.2, 0.25) is 5.02 Å². The van der Waals surface area contributed by atoms with Crippen molar-refractivity contribution in [2.24, 2.45) is 11.7 Å². The lowest BCUT2D eigenvalue weighted by Gasteiger charge is -2.36. The molecule has 1 aromatic heterocycles. The molecule has 1 aromatic carbocycles. The van der Waals surface area contributed by atoms with Crippen molar-refractivity contribution in [3.05, 3.63) is 53.7 Å². The molecule has 3 unspecified atom stereocenters. The Morgan fingerprint density at radius 2 is 2.22 bits per heavy atom. The molecule has 1 saturated carbocycles. The number of anilines is 2. The second-order valence-electron chi connectivity index (χ2n) is 6.72. The number of nitrogens with two attached hydrogens (primary N) is 1. The summed E-state index contributed by atoms with van der Waals surface area (Å²) in [6.45, 7) is 3.65. The molecule has 0 aliphatic heterocycles. The number of nitrogens with zero attached hydrogens (tertiary/aromatic N) is 3. The summed E-state index contributed by atoms with van der Waals surface area (Å²) in [7, 11) is 0. The number of aromatic nitrogens is 2. The van der Waals surface area contributed by atoms with E-state index >= 15 is 0 Å². The van der Waals surface area contributed by atoms with Crippen molar-refractivity contribution in [1.82, 2.24) is 9.78 Å². The van der Waals surface area contributed by atoms with Gasteiger partial charge in [0, 0.05) is 16.9 Å². The number of nitriles is 1. The predicted octanol–water partition coefficient (Wildman–Crippen LogP) is 3.16. The van der Waals surface area contributed by atoms with Crippen LogP contribution in [-0.4, -0.2) is 26.4 Å². The molecular formula is C19H20ClN5O2. The lowest BCUT2D eigenvalue weighted by molar-refractivity contribution is 0.0188. The maximum Gasteiger partial charge on any atom is 0.254 e. The van der Waals surface area contributed by atoms with E-state index in [0.29, 0.717) is 29.4 Å². The largest absolute Gasteiger partial charge is 0.386 e. The normalized spacial score (nSPS) is 24.8. The van der Waals surface area contributed by atoms with Gasteiger partial charge in [-0.2, -0.15) is 10.4 Å². The zero-order chi connectivity index (χ0) is 19.6. The molecule has 0 bridgehead atoms. The highest BCUT2D eigenvalue weighted by molar-refractivity contribution is 6.30. The van der Waals surface area contributed by atoms with E-state index in [1.165, 1.54) is 6.08 Å². The van der Waals surface area contributed by atoms with Gasteiger partial charge < -0.3 is 16.2 Å². The van der Waals surface area contributed by atoms with Crippen LogP contribution in [0.15, 0.2) is 43.1 Å². The third-order valence-electron chi connectivity index (χ3n) is 4.90. The highest BCUT2D eigenvalue weighted by Gasteiger charge is 2.39. The lowest BCUT2D eigenvalue weighted by atomic mass is 9.76. The quantitative estimate of drug-likeness (QED) is 0.683. The summed E-state index contributed by atoms with van der Waals surface area (Å²) in [5.41, 5.74) is 5.37. The van der Waals surface area contributed by atoms with Gasteiger partial charge in [-0.15, -0.1) is 6.58 Å². The molecule has 4 N–H and O–H groups in total. The fraction of sp³-hybridized carbons (Fsp3) is 0.316. The van der Waals surface area contributed by atoms with Gasteiger partial charge in [0.25, 0.3) is 5.91 Å². The van der Waals surface area contributed by atoms with Crippen LogP contribution in [0.4, 0.5) is 11.5 Å². The molecule has 3 atom stereocenters. The topological polar surface area (TPSA) is 117 Å². The van der Waals surface area contributed by atoms with Crippen LogP contribution in [-0.2, 0) is 0 Å². The van der Waals surface area contributed by atoms with Crippen molar-refractivity contribution in [3.8, 4) is 6.07 Å². The fourth-order valence-electron chi connectivity index (χ4n) is 3.36. The van der Waals surface area contributed by atoms with Gasteiger partial charge in [0.2, 0.25) is 0 Å². The molecule has 140 valence electrons. The summed E-state index contributed by atoms with van der Waals surface area (Å²) < 4.78 is 1.59. The summed E-state index contributed by atoms with van der Waals surface area (Å²) >= 11 is 5.89. The number of primary amides is 1. The average molecular weight is 386 g/mol. The highest BCUT2D eigenvalue weighted by Crippen LogP contribution is 2.40. The van der Waals surface area contributed by atoms with E-state index < -0.39 is 17.4 Å². The molecular weight excluding hydrogens is 366 g/mol. The van der Waals surface area contributed by atoms with Gasteiger partial charge in [0.05, 0.1) is 23.6 Å². The molecule has 0 spiro atoms. The minimum Gasteiger partial charge on any atom is -0.386 e. The number of rotatable bonds is 5.